The Kier molecular flexibility index (Phi) is 9.41. The number of rotatable bonds is 7. The van der Waals surface area contributed by atoms with Gasteiger partial charge in [-0.3, -0.25) is 4.79 Å². The van der Waals surface area contributed by atoms with Gasteiger partial charge in [-0.15, -0.1) is 0 Å². The van der Waals surface area contributed by atoms with Gasteiger partial charge in [0.05, 0.1) is 18.6 Å². The molecule has 0 unspecified atom stereocenters. The fraction of sp³-hybridized carbons (Fsp3) is 0.500. The minimum absolute atomic E-state index is 0.112. The summed E-state index contributed by atoms with van der Waals surface area (Å²) < 4.78 is 15.4. The molecule has 6 heteroatoms. The molecule has 6 nitrogen and oxygen atoms in total. The highest BCUT2D eigenvalue weighted by atomic mass is 16.6. The first-order valence-corrected chi connectivity index (χ1v) is 7.16. The van der Waals surface area contributed by atoms with Gasteiger partial charge in [0.1, 0.15) is 13.2 Å². The van der Waals surface area contributed by atoms with E-state index in [2.05, 4.69) is 0 Å². The summed E-state index contributed by atoms with van der Waals surface area (Å²) in [7, 11) is 1.42. The second-order valence-corrected chi connectivity index (χ2v) is 4.34. The lowest BCUT2D eigenvalue weighted by Crippen LogP contribution is -2.16. The Labute approximate surface area is 131 Å². The van der Waals surface area contributed by atoms with E-state index >= 15 is 0 Å². The minimum atomic E-state index is -1.04. The molecule has 0 spiro atoms. The first-order valence-electron chi connectivity index (χ1n) is 7.16. The molecule has 0 aromatic heterocycles. The summed E-state index contributed by atoms with van der Waals surface area (Å²) in [6.07, 6.45) is 0. The molecule has 0 aliphatic heterocycles. The van der Waals surface area contributed by atoms with E-state index in [4.69, 9.17) is 19.3 Å². The third-order valence-corrected chi connectivity index (χ3v) is 2.47. The first-order chi connectivity index (χ1) is 10.5. The van der Waals surface area contributed by atoms with Crippen LogP contribution in [-0.4, -0.2) is 37.4 Å². The van der Waals surface area contributed by atoms with E-state index in [-0.39, 0.29) is 30.7 Å². The highest BCUT2D eigenvalue weighted by Gasteiger charge is 2.11. The molecule has 0 atom stereocenters. The molecular weight excluding hydrogens is 288 g/mol. The zero-order chi connectivity index (χ0) is 17.1. The topological polar surface area (TPSA) is 82.1 Å². The van der Waals surface area contributed by atoms with Crippen molar-refractivity contribution >= 4 is 11.9 Å². The molecule has 0 bridgehead atoms. The van der Waals surface area contributed by atoms with E-state index in [1.807, 2.05) is 13.8 Å². The van der Waals surface area contributed by atoms with Crippen LogP contribution in [0.1, 0.15) is 38.1 Å². The van der Waals surface area contributed by atoms with Crippen LogP contribution >= 0.6 is 0 Å². The Balaban J connectivity index is 0.00000211. The van der Waals surface area contributed by atoms with E-state index in [1.54, 1.807) is 13.8 Å². The molecule has 0 fully saturated rings. The molecule has 1 rings (SSSR count). The van der Waals surface area contributed by atoms with Crippen molar-refractivity contribution in [2.45, 2.75) is 27.7 Å². The molecule has 1 N–H and O–H groups in total. The van der Waals surface area contributed by atoms with Crippen LogP contribution in [0.25, 0.3) is 0 Å². The number of benzene rings is 1. The molecule has 124 valence electrons. The van der Waals surface area contributed by atoms with Crippen molar-refractivity contribution in [2.75, 3.05) is 20.3 Å². The van der Waals surface area contributed by atoms with Gasteiger partial charge in [0.15, 0.2) is 11.5 Å². The predicted molar refractivity (Wildman–Crippen MR) is 82.6 cm³/mol. The summed E-state index contributed by atoms with van der Waals surface area (Å²) in [5.74, 6) is -0.792. The van der Waals surface area contributed by atoms with Crippen molar-refractivity contribution in [1.82, 2.24) is 0 Å². The molecule has 1 aromatic rings. The number of carboxylic acids is 1. The summed E-state index contributed by atoms with van der Waals surface area (Å²) in [5.41, 5.74) is 0.112. The van der Waals surface area contributed by atoms with Gasteiger partial charge < -0.3 is 19.3 Å². The van der Waals surface area contributed by atoms with Crippen LogP contribution in [0.5, 0.6) is 11.5 Å². The number of hydrogen-bond acceptors (Lipinski definition) is 5. The maximum Gasteiger partial charge on any atom is 0.335 e. The first kappa shape index (κ1) is 19.8. The maximum absolute atomic E-state index is 11.2. The molecule has 0 saturated heterocycles. The lowest BCUT2D eigenvalue weighted by molar-refractivity contribution is -0.148. The van der Waals surface area contributed by atoms with E-state index < -0.39 is 5.97 Å². The third kappa shape index (κ3) is 6.47. The normalized spacial score (nSPS) is 9.55. The Morgan fingerprint density at radius 3 is 2.27 bits per heavy atom. The van der Waals surface area contributed by atoms with Crippen molar-refractivity contribution in [3.05, 3.63) is 23.8 Å². The van der Waals surface area contributed by atoms with Crippen LogP contribution in [0.4, 0.5) is 0 Å². The number of aromatic carboxylic acids is 1. The van der Waals surface area contributed by atoms with Gasteiger partial charge in [0, 0.05) is 0 Å². The summed E-state index contributed by atoms with van der Waals surface area (Å²) in [6.45, 7) is 7.79. The fourth-order valence-electron chi connectivity index (χ4n) is 1.38. The van der Waals surface area contributed by atoms with E-state index in [1.165, 1.54) is 25.3 Å². The van der Waals surface area contributed by atoms with Crippen molar-refractivity contribution in [1.29, 1.82) is 0 Å². The Morgan fingerprint density at radius 2 is 1.77 bits per heavy atom. The van der Waals surface area contributed by atoms with E-state index in [0.29, 0.717) is 11.5 Å². The molecule has 1 aromatic carbocycles. The minimum Gasteiger partial charge on any atom is -0.493 e. The van der Waals surface area contributed by atoms with Gasteiger partial charge >= 0.3 is 11.9 Å². The van der Waals surface area contributed by atoms with Gasteiger partial charge in [-0.2, -0.15) is 0 Å². The highest BCUT2D eigenvalue weighted by Crippen LogP contribution is 2.27. The van der Waals surface area contributed by atoms with Crippen LogP contribution in [-0.2, 0) is 9.53 Å². The predicted octanol–water partition coefficient (Wildman–Crippen LogP) is 3.00. The zero-order valence-corrected chi connectivity index (χ0v) is 13.7. The molecule has 0 heterocycles. The summed E-state index contributed by atoms with van der Waals surface area (Å²) in [5, 5.41) is 8.87. The Bertz CT molecular complexity index is 482. The largest absolute Gasteiger partial charge is 0.493 e. The lowest BCUT2D eigenvalue weighted by atomic mass is 10.2. The average Bonchev–Trinajstić information content (AvgIpc) is 2.52. The number of ether oxygens (including phenoxy) is 3. The average molecular weight is 312 g/mol. The SMILES string of the molecule is CC.COc1cc(C(=O)O)ccc1OCCOC(=O)C(C)C. The van der Waals surface area contributed by atoms with E-state index in [9.17, 15) is 9.59 Å². The smallest absolute Gasteiger partial charge is 0.335 e. The van der Waals surface area contributed by atoms with Crippen LogP contribution in [0.2, 0.25) is 0 Å². The zero-order valence-electron chi connectivity index (χ0n) is 13.7. The number of carbonyl (C=O) groups is 2. The monoisotopic (exact) mass is 312 g/mol. The number of methoxy groups -OCH3 is 1. The van der Waals surface area contributed by atoms with Crippen molar-refractivity contribution in [3.8, 4) is 11.5 Å². The fourth-order valence-corrected chi connectivity index (χ4v) is 1.38. The van der Waals surface area contributed by atoms with Gasteiger partial charge in [-0.05, 0) is 18.2 Å². The summed E-state index contributed by atoms with van der Waals surface area (Å²) >= 11 is 0. The maximum atomic E-state index is 11.2. The molecule has 22 heavy (non-hydrogen) atoms. The summed E-state index contributed by atoms with van der Waals surface area (Å²) in [4.78, 5) is 22.1. The van der Waals surface area contributed by atoms with Gasteiger partial charge in [-0.1, -0.05) is 27.7 Å². The number of carboxylic acid groups (broad SMARTS) is 1. The molecule has 0 amide bonds. The molecular formula is C16H24O6. The van der Waals surface area contributed by atoms with Gasteiger partial charge in [0.2, 0.25) is 0 Å². The number of esters is 1. The van der Waals surface area contributed by atoms with Crippen LogP contribution < -0.4 is 9.47 Å². The highest BCUT2D eigenvalue weighted by molar-refractivity contribution is 5.88. The Morgan fingerprint density at radius 1 is 1.14 bits per heavy atom. The van der Waals surface area contributed by atoms with Crippen LogP contribution in [0, 0.1) is 5.92 Å². The van der Waals surface area contributed by atoms with Gasteiger partial charge in [-0.25, -0.2) is 4.79 Å². The second kappa shape index (κ2) is 10.5. The standard InChI is InChI=1S/C14H18O6.C2H6/c1-9(2)14(17)20-7-6-19-11-5-4-10(13(15)16)8-12(11)18-3;1-2/h4-5,8-9H,6-7H2,1-3H3,(H,15,16);1-2H3. The van der Waals surface area contributed by atoms with Crippen molar-refractivity contribution < 1.29 is 28.9 Å². The molecule has 0 radical (unpaired) electrons. The van der Waals surface area contributed by atoms with Gasteiger partial charge in [0.25, 0.3) is 0 Å². The lowest BCUT2D eigenvalue weighted by Gasteiger charge is -2.12. The summed E-state index contributed by atoms with van der Waals surface area (Å²) in [6, 6.07) is 4.30. The van der Waals surface area contributed by atoms with Crippen molar-refractivity contribution in [2.24, 2.45) is 5.92 Å². The Hall–Kier alpha value is -2.24. The number of carbonyl (C=O) groups excluding carboxylic acids is 1. The third-order valence-electron chi connectivity index (χ3n) is 2.47. The van der Waals surface area contributed by atoms with E-state index in [0.717, 1.165) is 0 Å². The second-order valence-electron chi connectivity index (χ2n) is 4.34. The molecule has 0 saturated carbocycles. The van der Waals surface area contributed by atoms with Crippen LogP contribution in [0.3, 0.4) is 0 Å². The molecule has 0 aliphatic rings. The molecule has 0 aliphatic carbocycles. The number of hydrogen-bond donors (Lipinski definition) is 1. The van der Waals surface area contributed by atoms with Crippen LogP contribution in [0.15, 0.2) is 18.2 Å². The van der Waals surface area contributed by atoms with Crippen molar-refractivity contribution in [3.63, 3.8) is 0 Å². The quantitative estimate of drug-likeness (QED) is 0.615.